The first-order valence-corrected chi connectivity index (χ1v) is 5.83. The van der Waals surface area contributed by atoms with E-state index >= 15 is 0 Å². The standard InChI is InChI=1S/C15H16N2O/c1-18-15-10-6-5-9-14(15)12-17-16-11-13-7-3-2-4-8-13/h2-10,12,16H,11H2,1H3. The molecule has 0 fully saturated rings. The van der Waals surface area contributed by atoms with Gasteiger partial charge in [-0.05, 0) is 17.7 Å². The van der Waals surface area contributed by atoms with Gasteiger partial charge in [0.1, 0.15) is 5.75 Å². The molecule has 0 saturated heterocycles. The quantitative estimate of drug-likeness (QED) is 0.644. The van der Waals surface area contributed by atoms with Crippen molar-refractivity contribution in [2.45, 2.75) is 6.54 Å². The van der Waals surface area contributed by atoms with Gasteiger partial charge in [-0.15, -0.1) is 0 Å². The summed E-state index contributed by atoms with van der Waals surface area (Å²) >= 11 is 0. The molecule has 2 aromatic rings. The van der Waals surface area contributed by atoms with Crippen molar-refractivity contribution in [1.29, 1.82) is 0 Å². The van der Waals surface area contributed by atoms with Crippen molar-refractivity contribution >= 4 is 6.21 Å². The van der Waals surface area contributed by atoms with Gasteiger partial charge >= 0.3 is 0 Å². The third-order valence-electron chi connectivity index (χ3n) is 2.56. The predicted octanol–water partition coefficient (Wildman–Crippen LogP) is 2.82. The van der Waals surface area contributed by atoms with Gasteiger partial charge in [0, 0.05) is 5.56 Å². The fourth-order valence-corrected chi connectivity index (χ4v) is 1.62. The van der Waals surface area contributed by atoms with Crippen molar-refractivity contribution in [2.75, 3.05) is 7.11 Å². The maximum atomic E-state index is 5.24. The van der Waals surface area contributed by atoms with Gasteiger partial charge in [-0.2, -0.15) is 5.10 Å². The largest absolute Gasteiger partial charge is 0.496 e. The smallest absolute Gasteiger partial charge is 0.127 e. The zero-order chi connectivity index (χ0) is 12.6. The molecule has 0 radical (unpaired) electrons. The molecule has 0 saturated carbocycles. The molecule has 0 aliphatic heterocycles. The van der Waals surface area contributed by atoms with E-state index in [1.165, 1.54) is 5.56 Å². The number of hydrazone groups is 1. The molecule has 1 N–H and O–H groups in total. The van der Waals surface area contributed by atoms with Crippen LogP contribution in [0, 0.1) is 0 Å². The number of nitrogens with one attached hydrogen (secondary N) is 1. The monoisotopic (exact) mass is 240 g/mol. The molecule has 0 amide bonds. The third kappa shape index (κ3) is 3.35. The zero-order valence-electron chi connectivity index (χ0n) is 10.3. The number of hydrogen-bond acceptors (Lipinski definition) is 3. The Bertz CT molecular complexity index is 509. The van der Waals surface area contributed by atoms with Gasteiger partial charge in [0.05, 0.1) is 19.9 Å². The molecule has 92 valence electrons. The summed E-state index contributed by atoms with van der Waals surface area (Å²) in [5.74, 6) is 0.822. The number of methoxy groups -OCH3 is 1. The van der Waals surface area contributed by atoms with E-state index in [-0.39, 0.29) is 0 Å². The average molecular weight is 240 g/mol. The lowest BCUT2D eigenvalue weighted by Crippen LogP contribution is -2.05. The maximum Gasteiger partial charge on any atom is 0.127 e. The second-order valence-corrected chi connectivity index (χ2v) is 3.82. The molecule has 0 spiro atoms. The fourth-order valence-electron chi connectivity index (χ4n) is 1.62. The molecule has 0 bridgehead atoms. The van der Waals surface area contributed by atoms with Crippen LogP contribution in [0.3, 0.4) is 0 Å². The van der Waals surface area contributed by atoms with E-state index in [1.807, 2.05) is 42.5 Å². The summed E-state index contributed by atoms with van der Waals surface area (Å²) in [6.07, 6.45) is 1.77. The highest BCUT2D eigenvalue weighted by molar-refractivity contribution is 5.83. The summed E-state index contributed by atoms with van der Waals surface area (Å²) in [7, 11) is 1.66. The van der Waals surface area contributed by atoms with E-state index in [0.29, 0.717) is 6.54 Å². The van der Waals surface area contributed by atoms with Gasteiger partial charge in [0.25, 0.3) is 0 Å². The minimum absolute atomic E-state index is 0.715. The van der Waals surface area contributed by atoms with Crippen molar-refractivity contribution in [1.82, 2.24) is 5.43 Å². The molecule has 18 heavy (non-hydrogen) atoms. The number of rotatable bonds is 5. The first kappa shape index (κ1) is 12.2. The lowest BCUT2D eigenvalue weighted by Gasteiger charge is -2.03. The molecule has 0 aliphatic rings. The van der Waals surface area contributed by atoms with Gasteiger partial charge in [-0.25, -0.2) is 0 Å². The van der Waals surface area contributed by atoms with E-state index in [1.54, 1.807) is 13.3 Å². The molecule has 2 aromatic carbocycles. The average Bonchev–Trinajstić information content (AvgIpc) is 2.45. The topological polar surface area (TPSA) is 33.6 Å². The van der Waals surface area contributed by atoms with Crippen LogP contribution in [0.15, 0.2) is 59.7 Å². The van der Waals surface area contributed by atoms with Crippen molar-refractivity contribution in [3.05, 3.63) is 65.7 Å². The lowest BCUT2D eigenvalue weighted by molar-refractivity contribution is 0.414. The third-order valence-corrected chi connectivity index (χ3v) is 2.56. The molecular weight excluding hydrogens is 224 g/mol. The van der Waals surface area contributed by atoms with Gasteiger partial charge in [-0.1, -0.05) is 42.5 Å². The van der Waals surface area contributed by atoms with Crippen LogP contribution in [0.25, 0.3) is 0 Å². The van der Waals surface area contributed by atoms with E-state index in [2.05, 4.69) is 22.7 Å². The van der Waals surface area contributed by atoms with Gasteiger partial charge < -0.3 is 10.2 Å². The summed E-state index contributed by atoms with van der Waals surface area (Å²) in [5, 5.41) is 4.19. The number of para-hydroxylation sites is 1. The molecule has 3 nitrogen and oxygen atoms in total. The Labute approximate surface area is 107 Å². The second kappa shape index (κ2) is 6.45. The van der Waals surface area contributed by atoms with E-state index in [0.717, 1.165) is 11.3 Å². The Balaban J connectivity index is 1.92. The molecule has 0 aromatic heterocycles. The number of nitrogens with zero attached hydrogens (tertiary/aromatic N) is 1. The minimum Gasteiger partial charge on any atom is -0.496 e. The predicted molar refractivity (Wildman–Crippen MR) is 73.9 cm³/mol. The molecule has 0 unspecified atom stereocenters. The van der Waals surface area contributed by atoms with Crippen LogP contribution >= 0.6 is 0 Å². The zero-order valence-corrected chi connectivity index (χ0v) is 10.3. The SMILES string of the molecule is COc1ccccc1C=NNCc1ccccc1. The molecule has 2 rings (SSSR count). The van der Waals surface area contributed by atoms with E-state index in [4.69, 9.17) is 4.74 Å². The highest BCUT2D eigenvalue weighted by atomic mass is 16.5. The Morgan fingerprint density at radius 3 is 2.56 bits per heavy atom. The summed E-state index contributed by atoms with van der Waals surface area (Å²) < 4.78 is 5.24. The van der Waals surface area contributed by atoms with Crippen molar-refractivity contribution in [2.24, 2.45) is 5.10 Å². The number of ether oxygens (including phenoxy) is 1. The van der Waals surface area contributed by atoms with Crippen LogP contribution < -0.4 is 10.2 Å². The number of hydrogen-bond donors (Lipinski definition) is 1. The van der Waals surface area contributed by atoms with Crippen LogP contribution in [-0.2, 0) is 6.54 Å². The highest BCUT2D eigenvalue weighted by Crippen LogP contribution is 2.14. The normalized spacial score (nSPS) is 10.5. The van der Waals surface area contributed by atoms with Crippen molar-refractivity contribution in [3.63, 3.8) is 0 Å². The second-order valence-electron chi connectivity index (χ2n) is 3.82. The Morgan fingerprint density at radius 1 is 1.06 bits per heavy atom. The highest BCUT2D eigenvalue weighted by Gasteiger charge is 1.96. The molecule has 0 aliphatic carbocycles. The fraction of sp³-hybridized carbons (Fsp3) is 0.133. The van der Waals surface area contributed by atoms with Crippen molar-refractivity contribution < 1.29 is 4.74 Å². The van der Waals surface area contributed by atoms with Crippen LogP contribution in [0.5, 0.6) is 5.75 Å². The first-order valence-electron chi connectivity index (χ1n) is 5.83. The summed E-state index contributed by atoms with van der Waals surface area (Å²) in [5.41, 5.74) is 5.18. The Kier molecular flexibility index (Phi) is 4.36. The molecule has 0 heterocycles. The lowest BCUT2D eigenvalue weighted by atomic mass is 10.2. The van der Waals surface area contributed by atoms with Gasteiger partial charge in [0.2, 0.25) is 0 Å². The molecule has 3 heteroatoms. The van der Waals surface area contributed by atoms with E-state index in [9.17, 15) is 0 Å². The maximum absolute atomic E-state index is 5.24. The summed E-state index contributed by atoms with van der Waals surface area (Å²) in [6.45, 7) is 0.715. The first-order chi connectivity index (χ1) is 8.90. The van der Waals surface area contributed by atoms with Crippen LogP contribution in [-0.4, -0.2) is 13.3 Å². The minimum atomic E-state index is 0.715. The Morgan fingerprint density at radius 2 is 1.78 bits per heavy atom. The van der Waals surface area contributed by atoms with E-state index < -0.39 is 0 Å². The van der Waals surface area contributed by atoms with Crippen LogP contribution in [0.1, 0.15) is 11.1 Å². The van der Waals surface area contributed by atoms with Gasteiger partial charge in [-0.3, -0.25) is 0 Å². The molecule has 0 atom stereocenters. The summed E-state index contributed by atoms with van der Waals surface area (Å²) in [6, 6.07) is 17.9. The van der Waals surface area contributed by atoms with Crippen molar-refractivity contribution in [3.8, 4) is 5.75 Å². The Hall–Kier alpha value is -2.29. The summed E-state index contributed by atoms with van der Waals surface area (Å²) in [4.78, 5) is 0. The van der Waals surface area contributed by atoms with Gasteiger partial charge in [0.15, 0.2) is 0 Å². The number of benzene rings is 2. The van der Waals surface area contributed by atoms with Crippen LogP contribution in [0.2, 0.25) is 0 Å². The van der Waals surface area contributed by atoms with Crippen LogP contribution in [0.4, 0.5) is 0 Å². The molecular formula is C15H16N2O.